The van der Waals surface area contributed by atoms with Gasteiger partial charge in [-0.25, -0.2) is 0 Å². The topological polar surface area (TPSA) is 20.2 Å². The molecule has 0 saturated heterocycles. The number of halogens is 1. The van der Waals surface area contributed by atoms with Gasteiger partial charge in [-0.3, -0.25) is 0 Å². The normalized spacial score (nSPS) is 15.3. The molecule has 2 nitrogen and oxygen atoms in total. The Bertz CT molecular complexity index is 636. The summed E-state index contributed by atoms with van der Waals surface area (Å²) in [7, 11) is 6.61. The Kier molecular flexibility index (Phi) is 5.96. The van der Waals surface area contributed by atoms with Gasteiger partial charge in [0.15, 0.2) is 0 Å². The molecule has 0 fully saturated rings. The molecule has 2 aromatic carbocycles. The molecule has 23 heavy (non-hydrogen) atoms. The Morgan fingerprint density at radius 3 is 1.87 bits per heavy atom. The number of benzene rings is 2. The first-order valence-corrected chi connectivity index (χ1v) is 9.51. The number of hydrogen-bond donors (Lipinski definition) is 1. The molecule has 0 amide bonds. The van der Waals surface area contributed by atoms with Crippen LogP contribution in [0.5, 0.6) is 0 Å². The minimum Gasteiger partial charge on any atom is -1.00 e. The number of nitrogens with zero attached hydrogens (tertiary/aromatic N) is 1. The van der Waals surface area contributed by atoms with Gasteiger partial charge >= 0.3 is 139 Å². The van der Waals surface area contributed by atoms with Gasteiger partial charge < -0.3 is 24.0 Å². The Balaban J connectivity index is 0.00000192. The summed E-state index contributed by atoms with van der Waals surface area (Å²) in [6, 6.07) is 16.8. The van der Waals surface area contributed by atoms with Crippen molar-refractivity contribution in [3.63, 3.8) is 0 Å². The second-order valence-corrected chi connectivity index (χ2v) is 9.35. The maximum atomic E-state index is 11.6. The molecular weight excluding hydrogens is 464 g/mol. The van der Waals surface area contributed by atoms with Gasteiger partial charge in [0.2, 0.25) is 0 Å². The van der Waals surface area contributed by atoms with E-state index in [4.69, 9.17) is 0 Å². The predicted molar refractivity (Wildman–Crippen MR) is 93.0 cm³/mol. The summed E-state index contributed by atoms with van der Waals surface area (Å²) in [6.45, 7) is 1.07. The molecule has 4 heteroatoms. The van der Waals surface area contributed by atoms with Crippen molar-refractivity contribution >= 4 is 23.9 Å². The molecule has 2 aromatic rings. The number of fused-ring (bicyclic) bond motifs is 2. The Morgan fingerprint density at radius 2 is 1.39 bits per heavy atom. The summed E-state index contributed by atoms with van der Waals surface area (Å²) in [5.41, 5.74) is 1.41. The Hall–Kier alpha value is -0.391. The quantitative estimate of drug-likeness (QED) is 0.312. The van der Waals surface area contributed by atoms with Crippen LogP contribution >= 0.6 is 0 Å². The summed E-state index contributed by atoms with van der Waals surface area (Å²) in [5, 5.41) is 11.6. The molecular formula is C19H24INOSe. The summed E-state index contributed by atoms with van der Waals surface area (Å²) < 4.78 is 3.58. The van der Waals surface area contributed by atoms with Gasteiger partial charge in [0, 0.05) is 0 Å². The number of quaternary nitrogens is 1. The van der Waals surface area contributed by atoms with Gasteiger partial charge in [0.05, 0.1) is 0 Å². The minimum absolute atomic E-state index is 0. The van der Waals surface area contributed by atoms with E-state index in [1.54, 1.807) is 0 Å². The van der Waals surface area contributed by atoms with Crippen LogP contribution in [0.25, 0.3) is 0 Å². The maximum absolute atomic E-state index is 11.6. The molecule has 0 aromatic heterocycles. The molecule has 0 spiro atoms. The monoisotopic (exact) mass is 489 g/mol. The summed E-state index contributed by atoms with van der Waals surface area (Å²) in [4.78, 5) is 0. The molecule has 0 unspecified atom stereocenters. The minimum atomic E-state index is -0.831. The van der Waals surface area contributed by atoms with Crippen molar-refractivity contribution in [1.29, 1.82) is 0 Å². The molecule has 1 aliphatic rings. The van der Waals surface area contributed by atoms with E-state index in [9.17, 15) is 5.11 Å². The average Bonchev–Trinajstić information content (AvgIpc) is 2.46. The molecule has 3 rings (SSSR count). The van der Waals surface area contributed by atoms with Crippen molar-refractivity contribution in [3.8, 4) is 0 Å². The predicted octanol–water partition coefficient (Wildman–Crippen LogP) is -1.62. The standard InChI is InChI=1S/C19H24NOSe.HI/c1-20(2,3)14-8-13-19(21)15-9-4-6-11-17(15)22-18-12-7-5-10-16(18)19;/h4-7,9-12,21H,8,13-14H2,1-3H3;1H/q+1;/p-1. The third-order valence-corrected chi connectivity index (χ3v) is 6.67. The van der Waals surface area contributed by atoms with Crippen LogP contribution in [-0.4, -0.2) is 52.2 Å². The van der Waals surface area contributed by atoms with Crippen LogP contribution < -0.4 is 32.9 Å². The van der Waals surface area contributed by atoms with E-state index in [0.717, 1.165) is 35.0 Å². The van der Waals surface area contributed by atoms with Crippen molar-refractivity contribution in [2.75, 3.05) is 27.7 Å². The third kappa shape index (κ3) is 3.99. The zero-order valence-electron chi connectivity index (χ0n) is 13.9. The van der Waals surface area contributed by atoms with Crippen LogP contribution in [-0.2, 0) is 5.60 Å². The van der Waals surface area contributed by atoms with Crippen LogP contribution in [0.4, 0.5) is 0 Å². The molecule has 0 atom stereocenters. The fraction of sp³-hybridized carbons (Fsp3) is 0.368. The van der Waals surface area contributed by atoms with Gasteiger partial charge in [-0.15, -0.1) is 0 Å². The van der Waals surface area contributed by atoms with E-state index < -0.39 is 5.60 Å². The Morgan fingerprint density at radius 1 is 0.913 bits per heavy atom. The number of rotatable bonds is 4. The van der Waals surface area contributed by atoms with Crippen LogP contribution in [0, 0.1) is 0 Å². The van der Waals surface area contributed by atoms with Crippen molar-refractivity contribution in [3.05, 3.63) is 59.7 Å². The van der Waals surface area contributed by atoms with Gasteiger partial charge in [-0.1, -0.05) is 0 Å². The van der Waals surface area contributed by atoms with Crippen molar-refractivity contribution < 1.29 is 33.6 Å². The molecule has 124 valence electrons. The maximum Gasteiger partial charge on any atom is -1.00 e. The first-order chi connectivity index (χ1) is 10.4. The fourth-order valence-corrected chi connectivity index (χ4v) is 5.70. The van der Waals surface area contributed by atoms with Crippen LogP contribution in [0.3, 0.4) is 0 Å². The smallest absolute Gasteiger partial charge is 1.00 e. The van der Waals surface area contributed by atoms with E-state index in [2.05, 4.69) is 57.5 Å². The summed E-state index contributed by atoms with van der Waals surface area (Å²) in [5.74, 6) is 0. The van der Waals surface area contributed by atoms with Gasteiger partial charge in [0.1, 0.15) is 0 Å². The largest absolute Gasteiger partial charge is 1.00 e. The third-order valence-electron chi connectivity index (χ3n) is 4.25. The number of hydrogen-bond acceptors (Lipinski definition) is 1. The first-order valence-electron chi connectivity index (χ1n) is 7.80. The van der Waals surface area contributed by atoms with Crippen LogP contribution in [0.15, 0.2) is 48.5 Å². The van der Waals surface area contributed by atoms with Crippen molar-refractivity contribution in [1.82, 2.24) is 0 Å². The summed E-state index contributed by atoms with van der Waals surface area (Å²) in [6.07, 6.45) is 1.79. The van der Waals surface area contributed by atoms with Gasteiger partial charge in [0.25, 0.3) is 0 Å². The first kappa shape index (κ1) is 18.9. The van der Waals surface area contributed by atoms with Gasteiger partial charge in [-0.05, 0) is 0 Å². The molecule has 1 N–H and O–H groups in total. The fourth-order valence-electron chi connectivity index (χ4n) is 3.14. The van der Waals surface area contributed by atoms with Crippen molar-refractivity contribution in [2.24, 2.45) is 0 Å². The molecule has 1 aliphatic heterocycles. The van der Waals surface area contributed by atoms with E-state index >= 15 is 0 Å². The van der Waals surface area contributed by atoms with E-state index in [1.165, 1.54) is 8.92 Å². The molecule has 0 aliphatic carbocycles. The molecule has 1 heterocycles. The Labute approximate surface area is 162 Å². The molecule has 0 bridgehead atoms. The zero-order chi connectivity index (χ0) is 15.8. The molecule has 0 saturated carbocycles. The van der Waals surface area contributed by atoms with Crippen LogP contribution in [0.2, 0.25) is 0 Å². The second kappa shape index (κ2) is 7.24. The zero-order valence-corrected chi connectivity index (χ0v) is 17.8. The number of aliphatic hydroxyl groups is 1. The second-order valence-electron chi connectivity index (χ2n) is 7.07. The van der Waals surface area contributed by atoms with Crippen molar-refractivity contribution in [2.45, 2.75) is 18.4 Å². The molecule has 0 radical (unpaired) electrons. The average molecular weight is 488 g/mol. The van der Waals surface area contributed by atoms with E-state index in [1.807, 2.05) is 12.1 Å². The van der Waals surface area contributed by atoms with E-state index in [-0.39, 0.29) is 24.0 Å². The van der Waals surface area contributed by atoms with Crippen LogP contribution in [0.1, 0.15) is 24.0 Å². The SMILES string of the molecule is C[N+](C)(C)CCCC1(O)c2ccccc2[Se]c2ccccc21.[I-]. The van der Waals surface area contributed by atoms with Gasteiger partial charge in [-0.2, -0.15) is 0 Å². The summed E-state index contributed by atoms with van der Waals surface area (Å²) >= 11 is 0.291. The van der Waals surface area contributed by atoms with E-state index in [0.29, 0.717) is 15.0 Å².